The number of thiophene rings is 1. The van der Waals surface area contributed by atoms with Crippen molar-refractivity contribution < 1.29 is 9.90 Å². The largest absolute Gasteiger partial charge is 0.478 e. The van der Waals surface area contributed by atoms with Crippen molar-refractivity contribution in [3.8, 4) is 0 Å². The maximum atomic E-state index is 10.5. The van der Waals surface area contributed by atoms with E-state index in [0.29, 0.717) is 11.5 Å². The van der Waals surface area contributed by atoms with Crippen molar-refractivity contribution in [3.63, 3.8) is 0 Å². The smallest absolute Gasteiger partial charge is 0.328 e. The number of hydrogen-bond donors (Lipinski definition) is 3. The van der Waals surface area contributed by atoms with Crippen molar-refractivity contribution in [2.75, 3.05) is 18.4 Å². The Morgan fingerprint density at radius 1 is 1.46 bits per heavy atom. The first-order valence-corrected chi connectivity index (χ1v) is 8.83. The van der Waals surface area contributed by atoms with E-state index in [1.54, 1.807) is 23.7 Å². The maximum absolute atomic E-state index is 10.5. The van der Waals surface area contributed by atoms with E-state index in [1.165, 1.54) is 11.6 Å². The van der Waals surface area contributed by atoms with Crippen LogP contribution in [-0.2, 0) is 11.2 Å². The van der Waals surface area contributed by atoms with Gasteiger partial charge in [-0.25, -0.2) is 9.78 Å². The van der Waals surface area contributed by atoms with Crippen LogP contribution in [0.3, 0.4) is 0 Å². The first-order valence-electron chi connectivity index (χ1n) is 7.88. The molecule has 1 aliphatic rings. The molecule has 0 bridgehead atoms. The van der Waals surface area contributed by atoms with E-state index in [9.17, 15) is 4.79 Å². The standard InChI is InChI=1S/C17H20N4O2S/c22-16(23)3-2-14-9-20-15(10-19-14)21-17(5-1-6-18-12-17)8-13-4-7-24-11-13/h2-4,7,9-11,18H,1,5-6,8,12H2,(H,20,21)(H,22,23)/b3-2+/t17-/m1/s1. The van der Waals surface area contributed by atoms with Gasteiger partial charge in [-0.05, 0) is 54.3 Å². The Balaban J connectivity index is 1.73. The van der Waals surface area contributed by atoms with E-state index >= 15 is 0 Å². The first-order chi connectivity index (χ1) is 11.7. The van der Waals surface area contributed by atoms with E-state index in [2.05, 4.69) is 37.4 Å². The molecule has 7 heteroatoms. The van der Waals surface area contributed by atoms with Crippen molar-refractivity contribution in [2.24, 2.45) is 0 Å². The van der Waals surface area contributed by atoms with Gasteiger partial charge in [-0.15, -0.1) is 0 Å². The second kappa shape index (κ2) is 7.55. The highest BCUT2D eigenvalue weighted by Crippen LogP contribution is 2.26. The molecule has 0 radical (unpaired) electrons. The van der Waals surface area contributed by atoms with Crippen LogP contribution in [0.4, 0.5) is 5.82 Å². The Kier molecular flexibility index (Phi) is 5.22. The minimum atomic E-state index is -0.998. The molecule has 0 spiro atoms. The minimum Gasteiger partial charge on any atom is -0.478 e. The van der Waals surface area contributed by atoms with E-state index in [4.69, 9.17) is 5.11 Å². The summed E-state index contributed by atoms with van der Waals surface area (Å²) < 4.78 is 0. The third kappa shape index (κ3) is 4.39. The van der Waals surface area contributed by atoms with Crippen molar-refractivity contribution in [3.05, 3.63) is 46.6 Å². The number of anilines is 1. The summed E-state index contributed by atoms with van der Waals surface area (Å²) in [6.07, 6.45) is 8.85. The number of carboxylic acids is 1. The summed E-state index contributed by atoms with van der Waals surface area (Å²) in [5.41, 5.74) is 1.77. The maximum Gasteiger partial charge on any atom is 0.328 e. The Bertz CT molecular complexity index is 692. The number of piperidine rings is 1. The molecule has 2 aromatic heterocycles. The van der Waals surface area contributed by atoms with E-state index in [-0.39, 0.29) is 5.54 Å². The molecule has 1 fully saturated rings. The van der Waals surface area contributed by atoms with E-state index in [1.807, 2.05) is 0 Å². The monoisotopic (exact) mass is 344 g/mol. The molecule has 0 saturated carbocycles. The zero-order valence-corrected chi connectivity index (χ0v) is 14.1. The van der Waals surface area contributed by atoms with Crippen molar-refractivity contribution in [2.45, 2.75) is 24.8 Å². The topological polar surface area (TPSA) is 87.1 Å². The van der Waals surface area contributed by atoms with Crippen molar-refractivity contribution in [1.82, 2.24) is 15.3 Å². The molecule has 0 unspecified atom stereocenters. The van der Waals surface area contributed by atoms with Crippen LogP contribution in [0.2, 0.25) is 0 Å². The molecule has 0 aliphatic carbocycles. The van der Waals surface area contributed by atoms with Gasteiger partial charge in [-0.1, -0.05) is 0 Å². The van der Waals surface area contributed by atoms with Crippen LogP contribution in [0.15, 0.2) is 35.3 Å². The highest BCUT2D eigenvalue weighted by molar-refractivity contribution is 7.07. The van der Waals surface area contributed by atoms with Gasteiger partial charge in [0.25, 0.3) is 0 Å². The predicted molar refractivity (Wildman–Crippen MR) is 95.2 cm³/mol. The number of hydrogen-bond acceptors (Lipinski definition) is 6. The van der Waals surface area contributed by atoms with Crippen LogP contribution < -0.4 is 10.6 Å². The van der Waals surface area contributed by atoms with Gasteiger partial charge in [0, 0.05) is 12.6 Å². The average molecular weight is 344 g/mol. The van der Waals surface area contributed by atoms with Crippen molar-refractivity contribution in [1.29, 1.82) is 0 Å². The SMILES string of the molecule is O=C(O)/C=C/c1cnc(N[C@@]2(Cc3ccsc3)CCCNC2)cn1. The van der Waals surface area contributed by atoms with Crippen LogP contribution in [0.5, 0.6) is 0 Å². The molecule has 3 rings (SSSR count). The molecule has 0 amide bonds. The highest BCUT2D eigenvalue weighted by Gasteiger charge is 2.32. The first kappa shape index (κ1) is 16.6. The quantitative estimate of drug-likeness (QED) is 0.698. The number of carbonyl (C=O) groups is 1. The number of rotatable bonds is 6. The number of carboxylic acid groups (broad SMARTS) is 1. The second-order valence-corrected chi connectivity index (χ2v) is 6.77. The Morgan fingerprint density at radius 2 is 2.38 bits per heavy atom. The van der Waals surface area contributed by atoms with Crippen LogP contribution >= 0.6 is 11.3 Å². The summed E-state index contributed by atoms with van der Waals surface area (Å²) in [5.74, 6) is -0.289. The van der Waals surface area contributed by atoms with Gasteiger partial charge >= 0.3 is 5.97 Å². The second-order valence-electron chi connectivity index (χ2n) is 5.99. The fraction of sp³-hybridized carbons (Fsp3) is 0.353. The molecule has 6 nitrogen and oxygen atoms in total. The molecule has 1 saturated heterocycles. The number of aliphatic carboxylic acids is 1. The molecule has 3 heterocycles. The molecule has 1 atom stereocenters. The number of nitrogens with one attached hydrogen (secondary N) is 2. The lowest BCUT2D eigenvalue weighted by Gasteiger charge is -2.39. The summed E-state index contributed by atoms with van der Waals surface area (Å²) >= 11 is 1.71. The van der Waals surface area contributed by atoms with Gasteiger partial charge < -0.3 is 15.7 Å². The van der Waals surface area contributed by atoms with Crippen LogP contribution in [0, 0.1) is 0 Å². The molecule has 3 N–H and O–H groups in total. The van der Waals surface area contributed by atoms with Gasteiger partial charge in [0.15, 0.2) is 0 Å². The Hall–Kier alpha value is -2.25. The van der Waals surface area contributed by atoms with Gasteiger partial charge in [0.1, 0.15) is 5.82 Å². The van der Waals surface area contributed by atoms with Gasteiger partial charge in [0.2, 0.25) is 0 Å². The molecule has 2 aromatic rings. The lowest BCUT2D eigenvalue weighted by Crippen LogP contribution is -2.53. The Labute approximate surface area is 144 Å². The molecule has 0 aromatic carbocycles. The van der Waals surface area contributed by atoms with Crippen molar-refractivity contribution >= 4 is 29.2 Å². The molecular formula is C17H20N4O2S. The summed E-state index contributed by atoms with van der Waals surface area (Å²) in [6.45, 7) is 1.92. The minimum absolute atomic E-state index is 0.0770. The zero-order chi connectivity index (χ0) is 16.8. The third-order valence-electron chi connectivity index (χ3n) is 4.06. The Morgan fingerprint density at radius 3 is 3.00 bits per heavy atom. The third-order valence-corrected chi connectivity index (χ3v) is 4.79. The lowest BCUT2D eigenvalue weighted by atomic mass is 9.84. The molecule has 24 heavy (non-hydrogen) atoms. The van der Waals surface area contributed by atoms with Gasteiger partial charge in [-0.2, -0.15) is 11.3 Å². The fourth-order valence-electron chi connectivity index (χ4n) is 2.97. The summed E-state index contributed by atoms with van der Waals surface area (Å²) in [6, 6.07) is 2.16. The fourth-order valence-corrected chi connectivity index (χ4v) is 3.64. The van der Waals surface area contributed by atoms with E-state index < -0.39 is 5.97 Å². The molecule has 126 valence electrons. The summed E-state index contributed by atoms with van der Waals surface area (Å²) in [5, 5.41) is 20.0. The molecule has 1 aliphatic heterocycles. The summed E-state index contributed by atoms with van der Waals surface area (Å²) in [7, 11) is 0. The lowest BCUT2D eigenvalue weighted by molar-refractivity contribution is -0.131. The van der Waals surface area contributed by atoms with Crippen LogP contribution in [0.1, 0.15) is 24.1 Å². The highest BCUT2D eigenvalue weighted by atomic mass is 32.1. The zero-order valence-electron chi connectivity index (χ0n) is 13.2. The van der Waals surface area contributed by atoms with E-state index in [0.717, 1.165) is 38.4 Å². The van der Waals surface area contributed by atoms with Gasteiger partial charge in [0.05, 0.1) is 23.6 Å². The van der Waals surface area contributed by atoms with Crippen LogP contribution in [-0.4, -0.2) is 39.7 Å². The number of aromatic nitrogens is 2. The predicted octanol–water partition coefficient (Wildman–Crippen LogP) is 2.41. The average Bonchev–Trinajstić information content (AvgIpc) is 3.07. The normalized spacial score (nSPS) is 21.0. The molecular weight excluding hydrogens is 324 g/mol. The number of nitrogens with zero attached hydrogens (tertiary/aromatic N) is 2. The summed E-state index contributed by atoms with van der Waals surface area (Å²) in [4.78, 5) is 19.2. The van der Waals surface area contributed by atoms with Crippen LogP contribution in [0.25, 0.3) is 6.08 Å². The van der Waals surface area contributed by atoms with Gasteiger partial charge in [-0.3, -0.25) is 4.98 Å².